The molecule has 3 rings (SSSR count). The second-order valence-electron chi connectivity index (χ2n) is 6.14. The minimum absolute atomic E-state index is 0.0428. The molecule has 30 heavy (non-hydrogen) atoms. The number of pyridine rings is 1. The predicted octanol–water partition coefficient (Wildman–Crippen LogP) is 3.61. The lowest BCUT2D eigenvalue weighted by molar-refractivity contribution is -0.176. The lowest BCUT2D eigenvalue weighted by atomic mass is 10.1. The second-order valence-corrected chi connectivity index (χ2v) is 8.50. The third-order valence-electron chi connectivity index (χ3n) is 3.86. The van der Waals surface area contributed by atoms with E-state index >= 15 is 0 Å². The summed E-state index contributed by atoms with van der Waals surface area (Å²) < 4.78 is 70.7. The molecule has 2 aromatic heterocycles. The molecule has 3 aromatic rings. The van der Waals surface area contributed by atoms with Crippen molar-refractivity contribution < 1.29 is 35.6 Å². The van der Waals surface area contributed by atoms with Crippen molar-refractivity contribution in [3.63, 3.8) is 0 Å². The highest BCUT2D eigenvalue weighted by Crippen LogP contribution is 2.30. The maximum absolute atomic E-state index is 12.7. The van der Waals surface area contributed by atoms with Crippen molar-refractivity contribution >= 4 is 44.1 Å². The number of amides is 1. The molecule has 8 nitrogen and oxygen atoms in total. The van der Waals surface area contributed by atoms with Crippen LogP contribution in [0.3, 0.4) is 0 Å². The van der Waals surface area contributed by atoms with E-state index in [0.717, 1.165) is 18.4 Å². The molecule has 13 heteroatoms. The lowest BCUT2D eigenvalue weighted by Crippen LogP contribution is -2.18. The molecule has 1 aromatic carbocycles. The molecule has 0 saturated heterocycles. The maximum Gasteiger partial charge on any atom is 0.411 e. The first-order chi connectivity index (χ1) is 14.0. The zero-order valence-electron chi connectivity index (χ0n) is 15.2. The first-order valence-corrected chi connectivity index (χ1v) is 10.4. The van der Waals surface area contributed by atoms with Gasteiger partial charge in [0.1, 0.15) is 6.61 Å². The highest BCUT2D eigenvalue weighted by Gasteiger charge is 2.29. The van der Waals surface area contributed by atoms with Crippen LogP contribution in [0, 0.1) is 0 Å². The molecule has 0 aliphatic heterocycles. The normalized spacial score (nSPS) is 12.3. The highest BCUT2D eigenvalue weighted by molar-refractivity contribution is 7.90. The Kier molecular flexibility index (Phi) is 6.01. The van der Waals surface area contributed by atoms with Crippen molar-refractivity contribution in [2.75, 3.05) is 18.2 Å². The topological polar surface area (TPSA) is 111 Å². The zero-order chi connectivity index (χ0) is 22.1. The number of nitrogens with one attached hydrogen (secondary N) is 1. The van der Waals surface area contributed by atoms with Crippen LogP contribution in [0.15, 0.2) is 40.0 Å². The van der Waals surface area contributed by atoms with Gasteiger partial charge in [0.25, 0.3) is 5.91 Å². The van der Waals surface area contributed by atoms with Gasteiger partial charge >= 0.3 is 6.18 Å². The quantitative estimate of drug-likeness (QED) is 0.594. The molecule has 0 aliphatic rings. The van der Waals surface area contributed by atoms with Crippen molar-refractivity contribution in [3.05, 3.63) is 46.7 Å². The minimum Gasteiger partial charge on any atom is -0.367 e. The molecule has 1 N–H and O–H groups in total. The Morgan fingerprint density at radius 1 is 1.30 bits per heavy atom. The van der Waals surface area contributed by atoms with Crippen LogP contribution >= 0.6 is 11.6 Å². The number of hydrogen-bond acceptors (Lipinski definition) is 7. The van der Waals surface area contributed by atoms with Crippen LogP contribution in [-0.2, 0) is 21.2 Å². The summed E-state index contributed by atoms with van der Waals surface area (Å²) in [6.45, 7) is -2.38. The van der Waals surface area contributed by atoms with E-state index in [4.69, 9.17) is 16.1 Å². The van der Waals surface area contributed by atoms with Gasteiger partial charge in [-0.15, -0.1) is 0 Å². The summed E-state index contributed by atoms with van der Waals surface area (Å²) in [5.74, 6) is -0.739. The van der Waals surface area contributed by atoms with E-state index in [1.807, 2.05) is 0 Å². The number of carbonyl (C=O) groups is 1. The van der Waals surface area contributed by atoms with Gasteiger partial charge in [0.15, 0.2) is 21.2 Å². The SMILES string of the molecule is CS(=O)(=O)c1ccc(C(=O)Nc2noc3ccncc23)c(Cl)c1COCC(F)(F)F. The number of hydrogen-bond donors (Lipinski definition) is 1. The van der Waals surface area contributed by atoms with Crippen molar-refractivity contribution in [2.24, 2.45) is 0 Å². The summed E-state index contributed by atoms with van der Waals surface area (Å²) in [7, 11) is -3.86. The fraction of sp³-hybridized carbons (Fsp3) is 0.235. The molecule has 0 aliphatic carbocycles. The van der Waals surface area contributed by atoms with Crippen molar-refractivity contribution in [1.29, 1.82) is 0 Å². The van der Waals surface area contributed by atoms with Crippen LogP contribution in [0.5, 0.6) is 0 Å². The average molecular weight is 464 g/mol. The van der Waals surface area contributed by atoms with E-state index in [1.54, 1.807) is 0 Å². The summed E-state index contributed by atoms with van der Waals surface area (Å²) in [5.41, 5.74) is -0.0856. The number of ether oxygens (including phenoxy) is 1. The van der Waals surface area contributed by atoms with Crippen LogP contribution in [0.2, 0.25) is 5.02 Å². The first-order valence-electron chi connectivity index (χ1n) is 8.14. The Morgan fingerprint density at radius 2 is 2.03 bits per heavy atom. The number of alkyl halides is 3. The summed E-state index contributed by atoms with van der Waals surface area (Å²) in [6, 6.07) is 3.74. The molecule has 0 fully saturated rings. The second kappa shape index (κ2) is 8.20. The van der Waals surface area contributed by atoms with Gasteiger partial charge in [0.05, 0.1) is 27.5 Å². The van der Waals surface area contributed by atoms with Gasteiger partial charge in [-0.2, -0.15) is 13.2 Å². The number of anilines is 1. The molecular formula is C17H13ClF3N3O5S. The van der Waals surface area contributed by atoms with Crippen LogP contribution in [-0.4, -0.2) is 43.5 Å². The van der Waals surface area contributed by atoms with Gasteiger partial charge in [-0.1, -0.05) is 16.8 Å². The number of carbonyl (C=O) groups excluding carboxylic acids is 1. The molecule has 0 bridgehead atoms. The zero-order valence-corrected chi connectivity index (χ0v) is 16.7. The molecule has 0 atom stereocenters. The van der Waals surface area contributed by atoms with Crippen LogP contribution in [0.1, 0.15) is 15.9 Å². The molecule has 160 valence electrons. The third-order valence-corrected chi connectivity index (χ3v) is 5.47. The fourth-order valence-electron chi connectivity index (χ4n) is 2.58. The molecular weight excluding hydrogens is 451 g/mol. The smallest absolute Gasteiger partial charge is 0.367 e. The molecule has 0 radical (unpaired) electrons. The third kappa shape index (κ3) is 4.89. The largest absolute Gasteiger partial charge is 0.411 e. The predicted molar refractivity (Wildman–Crippen MR) is 100 cm³/mol. The Balaban J connectivity index is 1.94. The Hall–Kier alpha value is -2.70. The Labute approximate surface area is 172 Å². The van der Waals surface area contributed by atoms with E-state index in [9.17, 15) is 26.4 Å². The molecule has 0 unspecified atom stereocenters. The van der Waals surface area contributed by atoms with E-state index in [1.165, 1.54) is 18.5 Å². The lowest BCUT2D eigenvalue weighted by Gasteiger charge is -2.15. The summed E-state index contributed by atoms with van der Waals surface area (Å²) in [4.78, 5) is 16.2. The van der Waals surface area contributed by atoms with Gasteiger partial charge in [-0.05, 0) is 12.1 Å². The molecule has 2 heterocycles. The van der Waals surface area contributed by atoms with Gasteiger partial charge in [0.2, 0.25) is 0 Å². The monoisotopic (exact) mass is 463 g/mol. The van der Waals surface area contributed by atoms with Crippen LogP contribution in [0.4, 0.5) is 19.0 Å². The summed E-state index contributed by atoms with van der Waals surface area (Å²) in [6.07, 6.45) is -0.881. The number of nitrogens with zero attached hydrogens (tertiary/aromatic N) is 2. The molecule has 0 saturated carbocycles. The number of fused-ring (bicyclic) bond motifs is 1. The van der Waals surface area contributed by atoms with E-state index in [2.05, 4.69) is 20.2 Å². The van der Waals surface area contributed by atoms with Gasteiger partial charge in [0, 0.05) is 30.3 Å². The summed E-state index contributed by atoms with van der Waals surface area (Å²) in [5, 5.41) is 6.21. The van der Waals surface area contributed by atoms with Crippen LogP contribution < -0.4 is 5.32 Å². The van der Waals surface area contributed by atoms with Crippen molar-refractivity contribution in [2.45, 2.75) is 17.7 Å². The number of benzene rings is 1. The van der Waals surface area contributed by atoms with Crippen molar-refractivity contribution in [3.8, 4) is 0 Å². The van der Waals surface area contributed by atoms with Gasteiger partial charge < -0.3 is 14.6 Å². The number of sulfone groups is 1. The molecule has 1 amide bonds. The fourth-order valence-corrected chi connectivity index (χ4v) is 3.86. The van der Waals surface area contributed by atoms with Gasteiger partial charge in [-0.25, -0.2) is 8.42 Å². The summed E-state index contributed by atoms with van der Waals surface area (Å²) >= 11 is 6.18. The van der Waals surface area contributed by atoms with E-state index < -0.39 is 35.1 Å². The standard InChI is InChI=1S/C17H13ClF3N3O5S/c1-30(26,27)13-3-2-9(14(18)11(13)7-28-8-17(19,20)21)16(25)23-15-10-6-22-5-4-12(10)29-24-15/h2-6H,7-8H2,1H3,(H,23,24,25). The van der Waals surface area contributed by atoms with E-state index in [0.29, 0.717) is 11.0 Å². The van der Waals surface area contributed by atoms with Crippen molar-refractivity contribution in [1.82, 2.24) is 10.1 Å². The highest BCUT2D eigenvalue weighted by atomic mass is 35.5. The van der Waals surface area contributed by atoms with Crippen LogP contribution in [0.25, 0.3) is 11.0 Å². The number of aromatic nitrogens is 2. The molecule has 0 spiro atoms. The first kappa shape index (κ1) is 22.0. The minimum atomic E-state index is -4.62. The Bertz CT molecular complexity index is 1210. The van der Waals surface area contributed by atoms with E-state index in [-0.39, 0.29) is 26.9 Å². The maximum atomic E-state index is 12.7. The van der Waals surface area contributed by atoms with Gasteiger partial charge in [-0.3, -0.25) is 9.78 Å². The average Bonchev–Trinajstić information content (AvgIpc) is 3.04. The number of rotatable bonds is 6. The number of halogens is 4. The Morgan fingerprint density at radius 3 is 2.70 bits per heavy atom.